The van der Waals surface area contributed by atoms with Crippen LogP contribution in [0.15, 0.2) is 53.6 Å². The molecule has 0 saturated carbocycles. The molecule has 2 aromatic carbocycles. The summed E-state index contributed by atoms with van der Waals surface area (Å²) in [5.41, 5.74) is 8.26. The van der Waals surface area contributed by atoms with E-state index < -0.39 is 10.0 Å². The Kier molecular flexibility index (Phi) is 4.80. The van der Waals surface area contributed by atoms with Crippen molar-refractivity contribution >= 4 is 38.2 Å². The molecule has 0 aliphatic heterocycles. The van der Waals surface area contributed by atoms with Gasteiger partial charge < -0.3 is 10.7 Å². The van der Waals surface area contributed by atoms with Crippen molar-refractivity contribution in [1.82, 2.24) is 9.71 Å². The number of hydrogen-bond acceptors (Lipinski definition) is 3. The van der Waals surface area contributed by atoms with Crippen molar-refractivity contribution in [2.45, 2.75) is 17.7 Å². The third-order valence-electron chi connectivity index (χ3n) is 3.83. The van der Waals surface area contributed by atoms with Crippen LogP contribution < -0.4 is 10.5 Å². The van der Waals surface area contributed by atoms with E-state index in [1.807, 2.05) is 24.4 Å². The van der Waals surface area contributed by atoms with Crippen LogP contribution in [0.4, 0.5) is 5.69 Å². The van der Waals surface area contributed by atoms with Crippen LogP contribution >= 0.6 is 11.6 Å². The van der Waals surface area contributed by atoms with Crippen molar-refractivity contribution in [3.8, 4) is 0 Å². The molecule has 0 unspecified atom stereocenters. The zero-order valence-electron chi connectivity index (χ0n) is 12.9. The molecule has 0 aliphatic carbocycles. The van der Waals surface area contributed by atoms with E-state index in [-0.39, 0.29) is 4.90 Å². The lowest BCUT2D eigenvalue weighted by atomic mass is 10.1. The lowest BCUT2D eigenvalue weighted by Gasteiger charge is -2.07. The largest absolute Gasteiger partial charge is 0.399 e. The van der Waals surface area contributed by atoms with Gasteiger partial charge in [-0.25, -0.2) is 13.1 Å². The first-order valence-corrected chi connectivity index (χ1v) is 9.42. The Hall–Kier alpha value is -2.02. The minimum absolute atomic E-state index is 0.218. The molecule has 0 fully saturated rings. The summed E-state index contributed by atoms with van der Waals surface area (Å²) in [4.78, 5) is 3.41. The van der Waals surface area contributed by atoms with Crippen molar-refractivity contribution in [1.29, 1.82) is 0 Å². The standard InChI is InChI=1S/C17H18ClN3O2S/c18-13-3-8-17-16(10-13)12(11-20-17)2-1-9-21-24(22,23)15-6-4-14(19)5-7-15/h3-8,10-11,20-21H,1-2,9,19H2. The fourth-order valence-electron chi connectivity index (χ4n) is 2.57. The number of nitrogens with one attached hydrogen (secondary N) is 2. The molecule has 1 aromatic heterocycles. The molecule has 126 valence electrons. The van der Waals surface area contributed by atoms with Gasteiger partial charge in [0.1, 0.15) is 0 Å². The Morgan fingerprint density at radius 3 is 2.62 bits per heavy atom. The number of nitrogen functional groups attached to an aromatic ring is 1. The minimum Gasteiger partial charge on any atom is -0.399 e. The molecular weight excluding hydrogens is 346 g/mol. The highest BCUT2D eigenvalue weighted by Crippen LogP contribution is 2.23. The van der Waals surface area contributed by atoms with Gasteiger partial charge in [0, 0.05) is 34.4 Å². The quantitative estimate of drug-likeness (QED) is 0.463. The van der Waals surface area contributed by atoms with E-state index in [2.05, 4.69) is 9.71 Å². The Labute approximate surface area is 145 Å². The first-order chi connectivity index (χ1) is 11.5. The predicted octanol–water partition coefficient (Wildman–Crippen LogP) is 3.31. The zero-order chi connectivity index (χ0) is 17.2. The molecule has 0 spiro atoms. The highest BCUT2D eigenvalue weighted by atomic mass is 35.5. The van der Waals surface area contributed by atoms with Crippen molar-refractivity contribution in [2.24, 2.45) is 0 Å². The molecule has 0 radical (unpaired) electrons. The predicted molar refractivity (Wildman–Crippen MR) is 97.7 cm³/mol. The van der Waals surface area contributed by atoms with Crippen molar-refractivity contribution in [2.75, 3.05) is 12.3 Å². The summed E-state index contributed by atoms with van der Waals surface area (Å²) in [6.07, 6.45) is 3.38. The maximum Gasteiger partial charge on any atom is 0.240 e. The average Bonchev–Trinajstić information content (AvgIpc) is 2.94. The number of hydrogen-bond donors (Lipinski definition) is 3. The number of halogens is 1. The molecule has 0 saturated heterocycles. The Morgan fingerprint density at radius 2 is 1.88 bits per heavy atom. The van der Waals surface area contributed by atoms with Gasteiger partial charge in [-0.2, -0.15) is 0 Å². The van der Waals surface area contributed by atoms with Gasteiger partial charge in [0.2, 0.25) is 10.0 Å². The van der Waals surface area contributed by atoms with Crippen LogP contribution in [0.5, 0.6) is 0 Å². The van der Waals surface area contributed by atoms with E-state index in [0.717, 1.165) is 22.9 Å². The number of aromatic amines is 1. The van der Waals surface area contributed by atoms with E-state index in [9.17, 15) is 8.42 Å². The van der Waals surface area contributed by atoms with Gasteiger partial charge in [0.25, 0.3) is 0 Å². The molecule has 5 nitrogen and oxygen atoms in total. The summed E-state index contributed by atoms with van der Waals surface area (Å²) in [6.45, 7) is 0.361. The number of benzene rings is 2. The SMILES string of the molecule is Nc1ccc(S(=O)(=O)NCCCc2c[nH]c3ccc(Cl)cc23)cc1. The van der Waals surface area contributed by atoms with Crippen LogP contribution in [0.2, 0.25) is 5.02 Å². The Balaban J connectivity index is 1.60. The van der Waals surface area contributed by atoms with Crippen LogP contribution in [0, 0.1) is 0 Å². The number of aromatic nitrogens is 1. The van der Waals surface area contributed by atoms with Gasteiger partial charge in [-0.1, -0.05) is 11.6 Å². The lowest BCUT2D eigenvalue weighted by molar-refractivity contribution is 0.579. The summed E-state index contributed by atoms with van der Waals surface area (Å²) in [5.74, 6) is 0. The smallest absolute Gasteiger partial charge is 0.240 e. The molecule has 0 bridgehead atoms. The molecule has 4 N–H and O–H groups in total. The molecule has 24 heavy (non-hydrogen) atoms. The van der Waals surface area contributed by atoms with Crippen LogP contribution in [0.1, 0.15) is 12.0 Å². The minimum atomic E-state index is -3.50. The summed E-state index contributed by atoms with van der Waals surface area (Å²) >= 11 is 6.03. The van der Waals surface area contributed by atoms with E-state index in [4.69, 9.17) is 17.3 Å². The van der Waals surface area contributed by atoms with E-state index >= 15 is 0 Å². The summed E-state index contributed by atoms with van der Waals surface area (Å²) in [5, 5.41) is 1.76. The lowest BCUT2D eigenvalue weighted by Crippen LogP contribution is -2.25. The third kappa shape index (κ3) is 3.72. The number of nitrogens with two attached hydrogens (primary N) is 1. The zero-order valence-corrected chi connectivity index (χ0v) is 14.5. The summed E-state index contributed by atoms with van der Waals surface area (Å²) in [6, 6.07) is 11.8. The summed E-state index contributed by atoms with van der Waals surface area (Å²) in [7, 11) is -3.50. The normalized spacial score (nSPS) is 11.9. The van der Waals surface area contributed by atoms with Crippen molar-refractivity contribution in [3.05, 3.63) is 59.2 Å². The van der Waals surface area contributed by atoms with Crippen LogP contribution in [0.25, 0.3) is 10.9 Å². The first kappa shape index (κ1) is 16.8. The van der Waals surface area contributed by atoms with E-state index in [0.29, 0.717) is 23.7 Å². The number of anilines is 1. The highest BCUT2D eigenvalue weighted by molar-refractivity contribution is 7.89. The second kappa shape index (κ2) is 6.84. The topological polar surface area (TPSA) is 88.0 Å². The van der Waals surface area contributed by atoms with Crippen LogP contribution in [-0.4, -0.2) is 19.9 Å². The number of fused-ring (bicyclic) bond motifs is 1. The highest BCUT2D eigenvalue weighted by Gasteiger charge is 2.13. The number of aryl methyl sites for hydroxylation is 1. The van der Waals surface area contributed by atoms with Crippen molar-refractivity contribution in [3.63, 3.8) is 0 Å². The van der Waals surface area contributed by atoms with Gasteiger partial charge in [-0.15, -0.1) is 0 Å². The number of sulfonamides is 1. The monoisotopic (exact) mass is 363 g/mol. The molecule has 3 rings (SSSR count). The molecule has 1 heterocycles. The van der Waals surface area contributed by atoms with Gasteiger partial charge in [0.15, 0.2) is 0 Å². The molecule has 0 amide bonds. The molecule has 3 aromatic rings. The van der Waals surface area contributed by atoms with Crippen molar-refractivity contribution < 1.29 is 8.42 Å². The number of H-pyrrole nitrogens is 1. The second-order valence-corrected chi connectivity index (χ2v) is 7.78. The fourth-order valence-corrected chi connectivity index (χ4v) is 3.82. The summed E-state index contributed by atoms with van der Waals surface area (Å²) < 4.78 is 27.0. The van der Waals surface area contributed by atoms with Crippen LogP contribution in [0.3, 0.4) is 0 Å². The molecule has 7 heteroatoms. The van der Waals surface area contributed by atoms with Gasteiger partial charge >= 0.3 is 0 Å². The number of rotatable bonds is 6. The molecule has 0 atom stereocenters. The fraction of sp³-hybridized carbons (Fsp3) is 0.176. The first-order valence-electron chi connectivity index (χ1n) is 7.56. The maximum absolute atomic E-state index is 12.2. The maximum atomic E-state index is 12.2. The third-order valence-corrected chi connectivity index (χ3v) is 5.55. The van der Waals surface area contributed by atoms with E-state index in [1.165, 1.54) is 12.1 Å². The van der Waals surface area contributed by atoms with Gasteiger partial charge in [-0.05, 0) is 60.9 Å². The van der Waals surface area contributed by atoms with E-state index in [1.54, 1.807) is 12.1 Å². The van der Waals surface area contributed by atoms with Crippen LogP contribution in [-0.2, 0) is 16.4 Å². The Bertz CT molecular complexity index is 950. The van der Waals surface area contributed by atoms with Gasteiger partial charge in [-0.3, -0.25) is 0 Å². The average molecular weight is 364 g/mol. The molecular formula is C17H18ClN3O2S. The van der Waals surface area contributed by atoms with Gasteiger partial charge in [0.05, 0.1) is 4.90 Å². The molecule has 0 aliphatic rings. The Morgan fingerprint density at radius 1 is 1.12 bits per heavy atom. The second-order valence-electron chi connectivity index (χ2n) is 5.57.